The second kappa shape index (κ2) is 15.4. The first-order valence-electron chi connectivity index (χ1n) is 24.3. The summed E-state index contributed by atoms with van der Waals surface area (Å²) >= 11 is 0. The summed E-state index contributed by atoms with van der Waals surface area (Å²) in [6.45, 7) is 9.64. The van der Waals surface area contributed by atoms with Crippen LogP contribution >= 0.6 is 0 Å². The zero-order valence-corrected chi connectivity index (χ0v) is 39.1. The molecule has 68 heavy (non-hydrogen) atoms. The molecule has 0 bridgehead atoms. The number of aryl methyl sites for hydroxylation is 1. The van der Waals surface area contributed by atoms with Crippen LogP contribution in [0.5, 0.6) is 0 Å². The SMILES string of the molecule is CC1(C)c2cc(CCC(c3ccc(-c4ccc5ccccc5c4)cc3)c3ccc4c(c3)C(C)(C)c3cc(-c5ccccc5)ccc3-4)ccc2-c2ccc(-c3ccc4oc5ccccc5c4c3)cc21. The molecule has 11 aromatic rings. The van der Waals surface area contributed by atoms with Crippen molar-refractivity contribution < 1.29 is 4.42 Å². The second-order valence-corrected chi connectivity index (χ2v) is 20.4. The topological polar surface area (TPSA) is 13.1 Å². The third-order valence-corrected chi connectivity index (χ3v) is 15.8. The van der Waals surface area contributed by atoms with Gasteiger partial charge in [-0.15, -0.1) is 0 Å². The summed E-state index contributed by atoms with van der Waals surface area (Å²) in [7, 11) is 0. The van der Waals surface area contributed by atoms with Crippen LogP contribution < -0.4 is 0 Å². The van der Waals surface area contributed by atoms with Gasteiger partial charge in [0, 0.05) is 27.5 Å². The number of fused-ring (bicyclic) bond motifs is 10. The fraction of sp³-hybridized carbons (Fsp3) is 0.134. The molecule has 0 fully saturated rings. The van der Waals surface area contributed by atoms with Crippen LogP contribution in [0.3, 0.4) is 0 Å². The minimum atomic E-state index is -0.137. The summed E-state index contributed by atoms with van der Waals surface area (Å²) in [5.41, 5.74) is 24.3. The molecule has 1 nitrogen and oxygen atoms in total. The van der Waals surface area contributed by atoms with E-state index in [2.05, 4.69) is 234 Å². The van der Waals surface area contributed by atoms with Crippen molar-refractivity contribution >= 4 is 32.7 Å². The van der Waals surface area contributed by atoms with Crippen molar-refractivity contribution in [1.82, 2.24) is 0 Å². The molecule has 326 valence electrons. The molecule has 1 heteroatoms. The Morgan fingerprint density at radius 1 is 0.353 bits per heavy atom. The van der Waals surface area contributed by atoms with Gasteiger partial charge in [-0.3, -0.25) is 0 Å². The molecule has 0 saturated carbocycles. The van der Waals surface area contributed by atoms with Crippen LogP contribution in [0.4, 0.5) is 0 Å². The van der Waals surface area contributed by atoms with E-state index in [-0.39, 0.29) is 16.7 Å². The van der Waals surface area contributed by atoms with E-state index in [4.69, 9.17) is 4.42 Å². The zero-order valence-electron chi connectivity index (χ0n) is 39.1. The fourth-order valence-electron chi connectivity index (χ4n) is 11.9. The number of hydrogen-bond acceptors (Lipinski definition) is 1. The molecule has 10 aromatic carbocycles. The molecule has 0 N–H and O–H groups in total. The normalized spacial score (nSPS) is 14.5. The third-order valence-electron chi connectivity index (χ3n) is 15.8. The minimum Gasteiger partial charge on any atom is -0.456 e. The first-order valence-corrected chi connectivity index (χ1v) is 24.3. The van der Waals surface area contributed by atoms with Gasteiger partial charge in [0.2, 0.25) is 0 Å². The molecule has 1 atom stereocenters. The van der Waals surface area contributed by atoms with Crippen LogP contribution in [0.2, 0.25) is 0 Å². The lowest BCUT2D eigenvalue weighted by Crippen LogP contribution is -2.16. The van der Waals surface area contributed by atoms with E-state index in [0.29, 0.717) is 0 Å². The van der Waals surface area contributed by atoms with Gasteiger partial charge in [-0.05, 0) is 155 Å². The molecule has 0 spiro atoms. The Morgan fingerprint density at radius 2 is 0.853 bits per heavy atom. The maximum atomic E-state index is 6.18. The molecule has 2 aliphatic rings. The van der Waals surface area contributed by atoms with Crippen molar-refractivity contribution in [2.24, 2.45) is 0 Å². The predicted octanol–water partition coefficient (Wildman–Crippen LogP) is 18.1. The highest BCUT2D eigenvalue weighted by atomic mass is 16.3. The van der Waals surface area contributed by atoms with Gasteiger partial charge in [-0.1, -0.05) is 204 Å². The number of rotatable bonds is 8. The molecule has 1 heterocycles. The van der Waals surface area contributed by atoms with Gasteiger partial charge >= 0.3 is 0 Å². The van der Waals surface area contributed by atoms with Gasteiger partial charge in [0.15, 0.2) is 0 Å². The van der Waals surface area contributed by atoms with Gasteiger partial charge in [0.05, 0.1) is 0 Å². The standard InChI is InChI=1S/C67H52O/c1-66(2)60-36-42(19-31-54(60)55-33-27-51(40-62(55)66)49-29-35-65-59(38-49)58-16-10-11-17-64(58)68-65)18-30-53(46-23-20-45(21-24-46)48-25-22-44-14-8-9-15-47(44)37-48)52-28-34-57-56-32-26-50(43-12-6-5-7-13-43)39-61(56)67(3,4)63(57)41-52/h5-17,19-29,31-41,53H,18,30H2,1-4H3. The molecule has 1 aromatic heterocycles. The summed E-state index contributed by atoms with van der Waals surface area (Å²) in [5, 5.41) is 4.86. The first kappa shape index (κ1) is 40.5. The quantitative estimate of drug-likeness (QED) is 0.148. The Bertz CT molecular complexity index is 3790. The van der Waals surface area contributed by atoms with E-state index in [0.717, 1.165) is 34.8 Å². The van der Waals surface area contributed by atoms with Crippen LogP contribution in [0.1, 0.15) is 79.0 Å². The number of benzene rings is 10. The van der Waals surface area contributed by atoms with Gasteiger partial charge < -0.3 is 4.42 Å². The number of furan rings is 1. The second-order valence-electron chi connectivity index (χ2n) is 20.4. The smallest absolute Gasteiger partial charge is 0.135 e. The Balaban J connectivity index is 0.833. The zero-order chi connectivity index (χ0) is 45.7. The number of para-hydroxylation sites is 1. The highest BCUT2D eigenvalue weighted by Gasteiger charge is 2.38. The molecule has 2 aliphatic carbocycles. The van der Waals surface area contributed by atoms with Crippen LogP contribution in [-0.4, -0.2) is 0 Å². The van der Waals surface area contributed by atoms with E-state index in [1.54, 1.807) is 0 Å². The van der Waals surface area contributed by atoms with Crippen molar-refractivity contribution in [2.75, 3.05) is 0 Å². The van der Waals surface area contributed by atoms with E-state index in [1.165, 1.54) is 105 Å². The van der Waals surface area contributed by atoms with Crippen LogP contribution in [0, 0.1) is 0 Å². The van der Waals surface area contributed by atoms with Crippen molar-refractivity contribution in [2.45, 2.75) is 57.3 Å². The molecule has 0 aliphatic heterocycles. The van der Waals surface area contributed by atoms with Gasteiger partial charge in [0.1, 0.15) is 11.2 Å². The van der Waals surface area contributed by atoms with Gasteiger partial charge in [-0.2, -0.15) is 0 Å². The predicted molar refractivity (Wildman–Crippen MR) is 286 cm³/mol. The lowest BCUT2D eigenvalue weighted by atomic mass is 9.78. The molecule has 1 unspecified atom stereocenters. The minimum absolute atomic E-state index is 0.128. The van der Waals surface area contributed by atoms with Crippen LogP contribution in [-0.2, 0) is 17.3 Å². The molecule has 0 radical (unpaired) electrons. The molecular formula is C67H52O. The van der Waals surface area contributed by atoms with Crippen molar-refractivity contribution in [1.29, 1.82) is 0 Å². The highest BCUT2D eigenvalue weighted by molar-refractivity contribution is 6.06. The average Bonchev–Trinajstić information content (AvgIpc) is 3.95. The maximum absolute atomic E-state index is 6.18. The molecule has 0 saturated heterocycles. The average molecular weight is 873 g/mol. The van der Waals surface area contributed by atoms with E-state index in [1.807, 2.05) is 6.07 Å². The number of hydrogen-bond donors (Lipinski definition) is 0. The molecule has 0 amide bonds. The van der Waals surface area contributed by atoms with E-state index >= 15 is 0 Å². The maximum Gasteiger partial charge on any atom is 0.135 e. The van der Waals surface area contributed by atoms with E-state index in [9.17, 15) is 0 Å². The summed E-state index contributed by atoms with van der Waals surface area (Å²) < 4.78 is 6.18. The van der Waals surface area contributed by atoms with Crippen LogP contribution in [0.15, 0.2) is 217 Å². The van der Waals surface area contributed by atoms with Crippen LogP contribution in [0.25, 0.3) is 88.3 Å². The summed E-state index contributed by atoms with van der Waals surface area (Å²) in [6, 6.07) is 79.5. The Morgan fingerprint density at radius 3 is 1.60 bits per heavy atom. The Kier molecular flexibility index (Phi) is 9.18. The van der Waals surface area contributed by atoms with Crippen molar-refractivity contribution in [3.05, 3.63) is 251 Å². The monoisotopic (exact) mass is 872 g/mol. The fourth-order valence-corrected chi connectivity index (χ4v) is 11.9. The Hall–Kier alpha value is -7.74. The van der Waals surface area contributed by atoms with Crippen molar-refractivity contribution in [3.63, 3.8) is 0 Å². The van der Waals surface area contributed by atoms with Gasteiger partial charge in [0.25, 0.3) is 0 Å². The lowest BCUT2D eigenvalue weighted by Gasteiger charge is -2.25. The summed E-state index contributed by atoms with van der Waals surface area (Å²) in [4.78, 5) is 0. The van der Waals surface area contributed by atoms with Crippen molar-refractivity contribution in [3.8, 4) is 55.6 Å². The molecule has 13 rings (SSSR count). The molecular weight excluding hydrogens is 821 g/mol. The van der Waals surface area contributed by atoms with E-state index < -0.39 is 0 Å². The highest BCUT2D eigenvalue weighted by Crippen LogP contribution is 2.52. The summed E-state index contributed by atoms with van der Waals surface area (Å²) in [6.07, 6.45) is 1.98. The Labute approximate surface area is 399 Å². The lowest BCUT2D eigenvalue weighted by molar-refractivity contribution is 0.652. The third kappa shape index (κ3) is 6.51. The summed E-state index contributed by atoms with van der Waals surface area (Å²) in [5.74, 6) is 0.219. The first-order chi connectivity index (χ1) is 33.2. The van der Waals surface area contributed by atoms with Gasteiger partial charge in [-0.25, -0.2) is 0 Å². The largest absolute Gasteiger partial charge is 0.456 e.